The van der Waals surface area contributed by atoms with Gasteiger partial charge in [0.05, 0.1) is 6.04 Å². The summed E-state index contributed by atoms with van der Waals surface area (Å²) in [6, 6.07) is 0.143. The molecular weight excluding hydrogens is 154 g/mol. The molecule has 1 heterocycles. The number of aryl methyl sites for hydroxylation is 1. The van der Waals surface area contributed by atoms with Crippen LogP contribution in [0.25, 0.3) is 0 Å². The van der Waals surface area contributed by atoms with Gasteiger partial charge in [-0.05, 0) is 13.8 Å². The fourth-order valence-corrected chi connectivity index (χ4v) is 1.14. The first-order valence-electron chi connectivity index (χ1n) is 4.22. The van der Waals surface area contributed by atoms with E-state index in [0.29, 0.717) is 0 Å². The fourth-order valence-electron chi connectivity index (χ4n) is 1.14. The molecule has 0 radical (unpaired) electrons. The number of rotatable bonds is 2. The molecule has 4 heteroatoms. The van der Waals surface area contributed by atoms with Crippen molar-refractivity contribution in [2.75, 3.05) is 0 Å². The summed E-state index contributed by atoms with van der Waals surface area (Å²) in [7, 11) is 1.76. The van der Waals surface area contributed by atoms with Crippen LogP contribution in [0, 0.1) is 0 Å². The predicted molar refractivity (Wildman–Crippen MR) is 47.2 cm³/mol. The zero-order valence-corrected chi connectivity index (χ0v) is 8.03. The molecular formula is C8H15N3O. The maximum Gasteiger partial charge on any atom is 0.345 e. The standard InChI is InChI=1S/C8H15N3O/c1-5-7-9-11(6(2)3)8(12)10(7)4/h6H,5H2,1-4H3. The zero-order chi connectivity index (χ0) is 9.30. The molecule has 0 aliphatic carbocycles. The van der Waals surface area contributed by atoms with E-state index in [-0.39, 0.29) is 11.7 Å². The lowest BCUT2D eigenvalue weighted by Gasteiger charge is -2.00. The highest BCUT2D eigenvalue weighted by molar-refractivity contribution is 4.86. The van der Waals surface area contributed by atoms with Crippen LogP contribution in [-0.2, 0) is 13.5 Å². The van der Waals surface area contributed by atoms with Gasteiger partial charge in [-0.25, -0.2) is 9.48 Å². The second kappa shape index (κ2) is 3.13. The van der Waals surface area contributed by atoms with E-state index in [4.69, 9.17) is 0 Å². The van der Waals surface area contributed by atoms with Gasteiger partial charge in [0.1, 0.15) is 5.82 Å². The van der Waals surface area contributed by atoms with Crippen molar-refractivity contribution in [2.24, 2.45) is 7.05 Å². The van der Waals surface area contributed by atoms with Gasteiger partial charge in [0.25, 0.3) is 0 Å². The highest BCUT2D eigenvalue weighted by Gasteiger charge is 2.09. The summed E-state index contributed by atoms with van der Waals surface area (Å²) in [6.45, 7) is 5.90. The second-order valence-corrected chi connectivity index (χ2v) is 3.15. The van der Waals surface area contributed by atoms with E-state index < -0.39 is 0 Å². The molecule has 0 atom stereocenters. The number of nitrogens with zero attached hydrogens (tertiary/aromatic N) is 3. The van der Waals surface area contributed by atoms with Crippen LogP contribution in [0.1, 0.15) is 32.6 Å². The van der Waals surface area contributed by atoms with Gasteiger partial charge in [0, 0.05) is 13.5 Å². The van der Waals surface area contributed by atoms with Crippen LogP contribution in [-0.4, -0.2) is 14.3 Å². The van der Waals surface area contributed by atoms with Crippen molar-refractivity contribution in [1.82, 2.24) is 14.3 Å². The first-order valence-corrected chi connectivity index (χ1v) is 4.22. The zero-order valence-electron chi connectivity index (χ0n) is 8.03. The number of hydrogen-bond donors (Lipinski definition) is 0. The van der Waals surface area contributed by atoms with Crippen LogP contribution in [0.5, 0.6) is 0 Å². The molecule has 0 unspecified atom stereocenters. The maximum atomic E-state index is 11.5. The summed E-state index contributed by atoms with van der Waals surface area (Å²) < 4.78 is 3.11. The van der Waals surface area contributed by atoms with Crippen molar-refractivity contribution in [3.8, 4) is 0 Å². The molecule has 0 aromatic carbocycles. The summed E-state index contributed by atoms with van der Waals surface area (Å²) in [5.41, 5.74) is -0.0261. The van der Waals surface area contributed by atoms with E-state index in [1.54, 1.807) is 11.6 Å². The molecule has 0 aliphatic heterocycles. The maximum absolute atomic E-state index is 11.5. The van der Waals surface area contributed by atoms with Crippen LogP contribution in [0.15, 0.2) is 4.79 Å². The Morgan fingerprint density at radius 3 is 2.33 bits per heavy atom. The van der Waals surface area contributed by atoms with Gasteiger partial charge in [-0.1, -0.05) is 6.92 Å². The summed E-state index contributed by atoms with van der Waals surface area (Å²) >= 11 is 0. The summed E-state index contributed by atoms with van der Waals surface area (Å²) in [4.78, 5) is 11.5. The fraction of sp³-hybridized carbons (Fsp3) is 0.750. The van der Waals surface area contributed by atoms with E-state index in [9.17, 15) is 4.79 Å². The predicted octanol–water partition coefficient (Wildman–Crippen LogP) is 0.725. The molecule has 0 bridgehead atoms. The van der Waals surface area contributed by atoms with Crippen molar-refractivity contribution in [2.45, 2.75) is 33.2 Å². The molecule has 0 spiro atoms. The van der Waals surface area contributed by atoms with Gasteiger partial charge in [0.15, 0.2) is 0 Å². The Labute approximate surface area is 71.8 Å². The Hall–Kier alpha value is -1.06. The second-order valence-electron chi connectivity index (χ2n) is 3.15. The third-order valence-electron chi connectivity index (χ3n) is 1.90. The van der Waals surface area contributed by atoms with Gasteiger partial charge in [0.2, 0.25) is 0 Å². The topological polar surface area (TPSA) is 39.8 Å². The molecule has 0 aliphatic rings. The number of hydrogen-bond acceptors (Lipinski definition) is 2. The van der Waals surface area contributed by atoms with Gasteiger partial charge in [-0.3, -0.25) is 4.57 Å². The Morgan fingerprint density at radius 2 is 2.08 bits per heavy atom. The summed E-state index contributed by atoms with van der Waals surface area (Å²) in [5.74, 6) is 0.841. The lowest BCUT2D eigenvalue weighted by molar-refractivity contribution is 0.506. The third-order valence-corrected chi connectivity index (χ3v) is 1.90. The van der Waals surface area contributed by atoms with Crippen LogP contribution >= 0.6 is 0 Å². The van der Waals surface area contributed by atoms with E-state index in [1.165, 1.54) is 4.68 Å². The molecule has 12 heavy (non-hydrogen) atoms. The molecule has 68 valence electrons. The molecule has 1 aromatic rings. The first-order chi connectivity index (χ1) is 5.57. The monoisotopic (exact) mass is 169 g/mol. The van der Waals surface area contributed by atoms with Crippen LogP contribution in [0.2, 0.25) is 0 Å². The Morgan fingerprint density at radius 1 is 1.50 bits per heavy atom. The quantitative estimate of drug-likeness (QED) is 0.654. The van der Waals surface area contributed by atoms with Gasteiger partial charge in [-0.2, -0.15) is 5.10 Å². The molecule has 4 nitrogen and oxygen atoms in total. The van der Waals surface area contributed by atoms with Crippen molar-refractivity contribution in [3.63, 3.8) is 0 Å². The van der Waals surface area contributed by atoms with Gasteiger partial charge in [-0.15, -0.1) is 0 Å². The third kappa shape index (κ3) is 1.29. The molecule has 0 N–H and O–H groups in total. The minimum absolute atomic E-state index is 0.0261. The minimum atomic E-state index is -0.0261. The average Bonchev–Trinajstić information content (AvgIpc) is 2.30. The first kappa shape index (κ1) is 9.03. The van der Waals surface area contributed by atoms with Crippen molar-refractivity contribution in [3.05, 3.63) is 16.3 Å². The Balaban J connectivity index is 3.25. The normalized spacial score (nSPS) is 11.1. The van der Waals surface area contributed by atoms with Crippen molar-refractivity contribution < 1.29 is 0 Å². The molecule has 0 saturated carbocycles. The highest BCUT2D eigenvalue weighted by Crippen LogP contribution is 1.99. The van der Waals surface area contributed by atoms with Crippen LogP contribution < -0.4 is 5.69 Å². The Kier molecular flexibility index (Phi) is 2.35. The SMILES string of the molecule is CCc1nn(C(C)C)c(=O)n1C. The van der Waals surface area contributed by atoms with Crippen LogP contribution in [0.3, 0.4) is 0 Å². The van der Waals surface area contributed by atoms with Gasteiger partial charge < -0.3 is 0 Å². The minimum Gasteiger partial charge on any atom is -0.282 e. The molecule has 1 rings (SSSR count). The van der Waals surface area contributed by atoms with E-state index in [0.717, 1.165) is 12.2 Å². The lowest BCUT2D eigenvalue weighted by Crippen LogP contribution is -2.24. The number of aromatic nitrogens is 3. The molecule has 0 saturated heterocycles. The Bertz CT molecular complexity index is 322. The lowest BCUT2D eigenvalue weighted by atomic mass is 10.4. The highest BCUT2D eigenvalue weighted by atomic mass is 16.2. The van der Waals surface area contributed by atoms with E-state index in [1.807, 2.05) is 20.8 Å². The van der Waals surface area contributed by atoms with E-state index >= 15 is 0 Å². The summed E-state index contributed by atoms with van der Waals surface area (Å²) in [5, 5.41) is 4.19. The summed E-state index contributed by atoms with van der Waals surface area (Å²) in [6.07, 6.45) is 0.797. The molecule has 1 aromatic heterocycles. The average molecular weight is 169 g/mol. The smallest absolute Gasteiger partial charge is 0.282 e. The molecule has 0 amide bonds. The van der Waals surface area contributed by atoms with Crippen molar-refractivity contribution in [1.29, 1.82) is 0 Å². The molecule has 0 fully saturated rings. The van der Waals surface area contributed by atoms with E-state index in [2.05, 4.69) is 5.10 Å². The largest absolute Gasteiger partial charge is 0.345 e. The van der Waals surface area contributed by atoms with Gasteiger partial charge >= 0.3 is 5.69 Å². The van der Waals surface area contributed by atoms with Crippen LogP contribution in [0.4, 0.5) is 0 Å². The van der Waals surface area contributed by atoms with Crippen molar-refractivity contribution >= 4 is 0 Å².